The van der Waals surface area contributed by atoms with Gasteiger partial charge in [0.25, 0.3) is 0 Å². The summed E-state index contributed by atoms with van der Waals surface area (Å²) < 4.78 is 0. The average Bonchev–Trinajstić information content (AvgIpc) is 2.88. The summed E-state index contributed by atoms with van der Waals surface area (Å²) in [7, 11) is 2.14. The highest BCUT2D eigenvalue weighted by Gasteiger charge is 2.27. The number of benzene rings is 2. The molecule has 1 heterocycles. The molecule has 0 saturated heterocycles. The van der Waals surface area contributed by atoms with Gasteiger partial charge in [0.1, 0.15) is 11.5 Å². The standard InChI is InChI=1S/C40H61N3O2/c1-37(2,3)28-21-33(39(7,8)9)31(35(44)23-28)26-42(13)19-16-20-43(25-30-17-14-15-18-41-30)27-32-34(40(10,11)12)22-29(24-36(32)45)38(4,5)6/h14-15,17-18,21-24,44-45H,16,19-20,25-27H2,1-13H3. The van der Waals surface area contributed by atoms with Gasteiger partial charge >= 0.3 is 0 Å². The number of nitrogens with zero attached hydrogens (tertiary/aromatic N) is 3. The van der Waals surface area contributed by atoms with Crippen molar-refractivity contribution in [3.63, 3.8) is 0 Å². The first-order valence-corrected chi connectivity index (χ1v) is 16.6. The van der Waals surface area contributed by atoms with Crippen LogP contribution in [0.3, 0.4) is 0 Å². The number of hydrogen-bond acceptors (Lipinski definition) is 5. The predicted octanol–water partition coefficient (Wildman–Crippen LogP) is 9.21. The topological polar surface area (TPSA) is 59.8 Å². The summed E-state index contributed by atoms with van der Waals surface area (Å²) in [6.45, 7) is 30.3. The highest BCUT2D eigenvalue weighted by atomic mass is 16.3. The van der Waals surface area contributed by atoms with Gasteiger partial charge in [-0.2, -0.15) is 0 Å². The van der Waals surface area contributed by atoms with Crippen molar-refractivity contribution < 1.29 is 10.2 Å². The van der Waals surface area contributed by atoms with Gasteiger partial charge in [-0.15, -0.1) is 0 Å². The third-order valence-corrected chi connectivity index (χ3v) is 8.74. The molecule has 45 heavy (non-hydrogen) atoms. The molecule has 0 aliphatic carbocycles. The molecule has 0 amide bonds. The number of aromatic nitrogens is 1. The minimum atomic E-state index is -0.111. The van der Waals surface area contributed by atoms with Crippen LogP contribution in [0.4, 0.5) is 0 Å². The fourth-order valence-electron chi connectivity index (χ4n) is 5.92. The fourth-order valence-corrected chi connectivity index (χ4v) is 5.92. The van der Waals surface area contributed by atoms with E-state index in [1.807, 2.05) is 30.5 Å². The molecule has 1 aromatic heterocycles. The second-order valence-corrected chi connectivity index (χ2v) is 17.2. The molecular weight excluding hydrogens is 554 g/mol. The van der Waals surface area contributed by atoms with E-state index in [1.165, 1.54) is 11.1 Å². The number of rotatable bonds is 10. The van der Waals surface area contributed by atoms with Crippen LogP contribution in [0.5, 0.6) is 11.5 Å². The zero-order valence-electron chi connectivity index (χ0n) is 30.6. The third kappa shape index (κ3) is 10.0. The van der Waals surface area contributed by atoms with Gasteiger partial charge in [-0.05, 0) is 88.2 Å². The van der Waals surface area contributed by atoms with Gasteiger partial charge in [-0.1, -0.05) is 101 Å². The van der Waals surface area contributed by atoms with Crippen LogP contribution in [-0.2, 0) is 41.3 Å². The van der Waals surface area contributed by atoms with Crippen LogP contribution >= 0.6 is 0 Å². The molecule has 0 fully saturated rings. The molecule has 2 aromatic carbocycles. The molecular formula is C40H61N3O2. The molecule has 0 aliphatic heterocycles. The molecule has 0 bridgehead atoms. The third-order valence-electron chi connectivity index (χ3n) is 8.74. The van der Waals surface area contributed by atoms with E-state index < -0.39 is 0 Å². The second-order valence-electron chi connectivity index (χ2n) is 17.2. The van der Waals surface area contributed by atoms with Gasteiger partial charge in [0.05, 0.1) is 5.69 Å². The molecule has 2 N–H and O–H groups in total. The monoisotopic (exact) mass is 615 g/mol. The van der Waals surface area contributed by atoms with Gasteiger partial charge in [0.2, 0.25) is 0 Å². The van der Waals surface area contributed by atoms with Gasteiger partial charge in [-0.25, -0.2) is 0 Å². The molecule has 0 spiro atoms. The van der Waals surface area contributed by atoms with Crippen LogP contribution in [-0.4, -0.2) is 45.1 Å². The van der Waals surface area contributed by atoms with Crippen LogP contribution in [0, 0.1) is 0 Å². The summed E-state index contributed by atoms with van der Waals surface area (Å²) in [6, 6.07) is 14.6. The van der Waals surface area contributed by atoms with E-state index in [-0.39, 0.29) is 21.7 Å². The Bertz CT molecular complexity index is 1420. The van der Waals surface area contributed by atoms with E-state index in [0.717, 1.165) is 47.5 Å². The van der Waals surface area contributed by atoms with Crippen LogP contribution in [0.1, 0.15) is 129 Å². The molecule has 5 heteroatoms. The van der Waals surface area contributed by atoms with Gasteiger partial charge in [0.15, 0.2) is 0 Å². The maximum atomic E-state index is 11.4. The highest BCUT2D eigenvalue weighted by molar-refractivity contribution is 5.49. The predicted molar refractivity (Wildman–Crippen MR) is 190 cm³/mol. The Kier molecular flexibility index (Phi) is 11.3. The average molecular weight is 616 g/mol. The van der Waals surface area contributed by atoms with Crippen LogP contribution in [0.25, 0.3) is 0 Å². The van der Waals surface area contributed by atoms with E-state index in [4.69, 9.17) is 0 Å². The lowest BCUT2D eigenvalue weighted by molar-refractivity contribution is 0.222. The zero-order chi connectivity index (χ0) is 34.0. The van der Waals surface area contributed by atoms with Crippen LogP contribution in [0.2, 0.25) is 0 Å². The minimum Gasteiger partial charge on any atom is -0.508 e. The Balaban J connectivity index is 1.85. The largest absolute Gasteiger partial charge is 0.508 e. The maximum Gasteiger partial charge on any atom is 0.120 e. The summed E-state index contributed by atoms with van der Waals surface area (Å²) in [5.74, 6) is 0.763. The lowest BCUT2D eigenvalue weighted by atomic mass is 9.78. The Morgan fingerprint density at radius 1 is 0.600 bits per heavy atom. The summed E-state index contributed by atoms with van der Waals surface area (Å²) in [5, 5.41) is 22.6. The zero-order valence-corrected chi connectivity index (χ0v) is 30.6. The van der Waals surface area contributed by atoms with E-state index in [0.29, 0.717) is 31.1 Å². The minimum absolute atomic E-state index is 0.0344. The lowest BCUT2D eigenvalue weighted by Gasteiger charge is -2.31. The van der Waals surface area contributed by atoms with E-state index in [2.05, 4.69) is 123 Å². The Hall–Kier alpha value is -2.89. The van der Waals surface area contributed by atoms with Gasteiger partial charge < -0.3 is 15.1 Å². The fraction of sp³-hybridized carbons (Fsp3) is 0.575. The number of hydrogen-bond donors (Lipinski definition) is 2. The molecule has 3 aromatic rings. The van der Waals surface area contributed by atoms with E-state index in [9.17, 15) is 10.2 Å². The van der Waals surface area contributed by atoms with E-state index in [1.54, 1.807) is 0 Å². The quantitative estimate of drug-likeness (QED) is 0.238. The van der Waals surface area contributed by atoms with Crippen molar-refractivity contribution in [3.8, 4) is 11.5 Å². The smallest absolute Gasteiger partial charge is 0.120 e. The summed E-state index contributed by atoms with van der Waals surface area (Å²) in [4.78, 5) is 9.35. The van der Waals surface area contributed by atoms with Crippen LogP contribution < -0.4 is 0 Å². The Morgan fingerprint density at radius 2 is 1.09 bits per heavy atom. The lowest BCUT2D eigenvalue weighted by Crippen LogP contribution is -2.30. The summed E-state index contributed by atoms with van der Waals surface area (Å²) >= 11 is 0. The molecule has 5 nitrogen and oxygen atoms in total. The number of phenolic OH excluding ortho intramolecular Hbond substituents is 2. The van der Waals surface area contributed by atoms with Crippen molar-refractivity contribution in [1.82, 2.24) is 14.8 Å². The maximum absolute atomic E-state index is 11.4. The number of phenols is 2. The first-order valence-electron chi connectivity index (χ1n) is 16.6. The molecule has 0 atom stereocenters. The summed E-state index contributed by atoms with van der Waals surface area (Å²) in [6.07, 6.45) is 2.79. The van der Waals surface area contributed by atoms with E-state index >= 15 is 0 Å². The van der Waals surface area contributed by atoms with Crippen molar-refractivity contribution in [3.05, 3.63) is 87.7 Å². The molecule has 0 aliphatic rings. The molecule has 0 radical (unpaired) electrons. The molecule has 0 unspecified atom stereocenters. The SMILES string of the molecule is CN(CCCN(Cc1ccccn1)Cc1c(O)cc(C(C)(C)C)cc1C(C)(C)C)Cc1c(O)cc(C(C)(C)C)cc1C(C)(C)C. The van der Waals surface area contributed by atoms with Crippen molar-refractivity contribution >= 4 is 0 Å². The molecule has 0 saturated carbocycles. The van der Waals surface area contributed by atoms with Crippen molar-refractivity contribution in [2.75, 3.05) is 20.1 Å². The first kappa shape index (κ1) is 36.6. The first-order chi connectivity index (χ1) is 20.6. The van der Waals surface area contributed by atoms with Gasteiger partial charge in [0, 0.05) is 43.5 Å². The summed E-state index contributed by atoms with van der Waals surface area (Å²) in [5.41, 5.74) is 7.47. The number of pyridine rings is 1. The Morgan fingerprint density at radius 3 is 1.51 bits per heavy atom. The van der Waals surface area contributed by atoms with Gasteiger partial charge in [-0.3, -0.25) is 9.88 Å². The Labute approximate surface area is 274 Å². The van der Waals surface area contributed by atoms with Crippen molar-refractivity contribution in [2.45, 2.75) is 131 Å². The van der Waals surface area contributed by atoms with Crippen LogP contribution in [0.15, 0.2) is 48.7 Å². The number of aromatic hydroxyl groups is 2. The van der Waals surface area contributed by atoms with Crippen molar-refractivity contribution in [1.29, 1.82) is 0 Å². The van der Waals surface area contributed by atoms with Crippen molar-refractivity contribution in [2.24, 2.45) is 0 Å². The normalized spacial score (nSPS) is 13.2. The molecule has 3 rings (SSSR count). The second kappa shape index (κ2) is 13.8. The highest BCUT2D eigenvalue weighted by Crippen LogP contribution is 2.39. The molecule has 248 valence electrons.